The monoisotopic (exact) mass is 534 g/mol. The fourth-order valence-electron chi connectivity index (χ4n) is 3.51. The molecule has 8 nitrogen and oxygen atoms in total. The van der Waals surface area contributed by atoms with Crippen molar-refractivity contribution in [2.75, 3.05) is 63.2 Å². The third-order valence-electron chi connectivity index (χ3n) is 5.75. The second-order valence-corrected chi connectivity index (χ2v) is 8.73. The Morgan fingerprint density at radius 3 is 1.42 bits per heavy atom. The Morgan fingerprint density at radius 1 is 0.658 bits per heavy atom. The highest BCUT2D eigenvalue weighted by atomic mass is 19.1. The van der Waals surface area contributed by atoms with E-state index in [4.69, 9.17) is 9.47 Å². The van der Waals surface area contributed by atoms with Crippen LogP contribution in [-0.2, 0) is 9.47 Å². The van der Waals surface area contributed by atoms with Crippen LogP contribution in [-0.4, -0.2) is 74.5 Å². The van der Waals surface area contributed by atoms with Crippen LogP contribution in [0.2, 0.25) is 0 Å². The molecule has 0 aliphatic rings. The quantitative estimate of drug-likeness (QED) is 0.245. The van der Waals surface area contributed by atoms with Crippen molar-refractivity contribution in [3.63, 3.8) is 0 Å². The summed E-state index contributed by atoms with van der Waals surface area (Å²) in [6.07, 6.45) is 3.50. The van der Waals surface area contributed by atoms with E-state index < -0.39 is 11.6 Å². The topological polar surface area (TPSA) is 83.1 Å². The number of ether oxygens (including phenoxy) is 2. The second kappa shape index (κ2) is 18.1. The lowest BCUT2D eigenvalue weighted by Gasteiger charge is -2.23. The minimum atomic E-state index is -0.484. The molecule has 0 bridgehead atoms. The van der Waals surface area contributed by atoms with Crippen molar-refractivity contribution in [1.82, 2.24) is 9.80 Å². The molecule has 2 N–H and O–H groups in total. The molecule has 0 aliphatic heterocycles. The third-order valence-corrected chi connectivity index (χ3v) is 5.75. The standard InChI is InChI=1S/C28H40F2N4O4/c1-3-5-15-33(27(35)31-25-13-9-7-11-23(25)29)17-19-37-21-22-38-20-18-34(16-6-4-2)28(36)32-26-14-10-8-12-24(26)30/h7-14H,3-6,15-22H2,1-2H3,(H,31,35)(H,32,36). The van der Waals surface area contributed by atoms with E-state index in [-0.39, 0.29) is 23.4 Å². The van der Waals surface area contributed by atoms with Crippen LogP contribution in [0.3, 0.4) is 0 Å². The maximum absolute atomic E-state index is 13.9. The smallest absolute Gasteiger partial charge is 0.322 e. The maximum atomic E-state index is 13.9. The highest BCUT2D eigenvalue weighted by Crippen LogP contribution is 2.14. The average molecular weight is 535 g/mol. The number of anilines is 2. The molecule has 38 heavy (non-hydrogen) atoms. The van der Waals surface area contributed by atoms with Crippen LogP contribution in [0.4, 0.5) is 29.7 Å². The second-order valence-electron chi connectivity index (χ2n) is 8.73. The molecule has 0 spiro atoms. The van der Waals surface area contributed by atoms with Crippen LogP contribution in [0.5, 0.6) is 0 Å². The lowest BCUT2D eigenvalue weighted by Crippen LogP contribution is -2.38. The first-order valence-corrected chi connectivity index (χ1v) is 13.2. The van der Waals surface area contributed by atoms with Gasteiger partial charge in [-0.2, -0.15) is 0 Å². The number of halogens is 2. The number of hydrogen-bond acceptors (Lipinski definition) is 4. The summed E-state index contributed by atoms with van der Waals surface area (Å²) in [5.74, 6) is -0.967. The molecule has 2 aromatic rings. The van der Waals surface area contributed by atoms with Gasteiger partial charge in [-0.05, 0) is 37.1 Å². The van der Waals surface area contributed by atoms with Gasteiger partial charge in [-0.15, -0.1) is 0 Å². The molecule has 0 atom stereocenters. The van der Waals surface area contributed by atoms with Crippen LogP contribution in [0.25, 0.3) is 0 Å². The molecule has 0 aromatic heterocycles. The normalized spacial score (nSPS) is 10.7. The van der Waals surface area contributed by atoms with E-state index >= 15 is 0 Å². The van der Waals surface area contributed by atoms with Crippen molar-refractivity contribution in [2.24, 2.45) is 0 Å². The van der Waals surface area contributed by atoms with Gasteiger partial charge in [0.25, 0.3) is 0 Å². The minimum absolute atomic E-state index is 0.142. The zero-order valence-electron chi connectivity index (χ0n) is 22.4. The van der Waals surface area contributed by atoms with Crippen LogP contribution in [0, 0.1) is 11.6 Å². The van der Waals surface area contributed by atoms with E-state index in [9.17, 15) is 18.4 Å². The maximum Gasteiger partial charge on any atom is 0.322 e. The molecular weight excluding hydrogens is 494 g/mol. The van der Waals surface area contributed by atoms with E-state index in [0.717, 1.165) is 25.7 Å². The number of rotatable bonds is 17. The van der Waals surface area contributed by atoms with Gasteiger partial charge in [0.1, 0.15) is 11.6 Å². The van der Waals surface area contributed by atoms with E-state index in [1.807, 2.05) is 13.8 Å². The summed E-state index contributed by atoms with van der Waals surface area (Å²) in [7, 11) is 0. The molecular formula is C28H40F2N4O4. The molecule has 4 amide bonds. The zero-order valence-corrected chi connectivity index (χ0v) is 22.4. The van der Waals surface area contributed by atoms with Gasteiger partial charge in [0.15, 0.2) is 0 Å². The van der Waals surface area contributed by atoms with Crippen LogP contribution in [0.15, 0.2) is 48.5 Å². The van der Waals surface area contributed by atoms with Crippen molar-refractivity contribution >= 4 is 23.4 Å². The summed E-state index contributed by atoms with van der Waals surface area (Å²) in [5.41, 5.74) is 0.285. The molecule has 0 saturated heterocycles. The van der Waals surface area contributed by atoms with Crippen LogP contribution >= 0.6 is 0 Å². The summed E-state index contributed by atoms with van der Waals surface area (Å²) >= 11 is 0. The van der Waals surface area contributed by atoms with E-state index in [2.05, 4.69) is 10.6 Å². The number of benzene rings is 2. The van der Waals surface area contributed by atoms with Gasteiger partial charge < -0.3 is 29.9 Å². The molecule has 0 fully saturated rings. The van der Waals surface area contributed by atoms with Gasteiger partial charge in [-0.3, -0.25) is 0 Å². The Balaban J connectivity index is 1.69. The van der Waals surface area contributed by atoms with Gasteiger partial charge in [0.05, 0.1) is 37.8 Å². The number of carbonyl (C=O) groups is 2. The fourth-order valence-corrected chi connectivity index (χ4v) is 3.51. The van der Waals surface area contributed by atoms with Crippen molar-refractivity contribution < 1.29 is 27.8 Å². The number of nitrogens with one attached hydrogen (secondary N) is 2. The largest absolute Gasteiger partial charge is 0.377 e. The third kappa shape index (κ3) is 11.4. The Kier molecular flexibility index (Phi) is 14.7. The average Bonchev–Trinajstić information content (AvgIpc) is 2.91. The Morgan fingerprint density at radius 2 is 1.05 bits per heavy atom. The molecule has 0 radical (unpaired) electrons. The molecule has 0 saturated carbocycles. The molecule has 2 rings (SSSR count). The lowest BCUT2D eigenvalue weighted by atomic mass is 10.3. The molecule has 10 heteroatoms. The van der Waals surface area contributed by atoms with Crippen molar-refractivity contribution in [2.45, 2.75) is 39.5 Å². The van der Waals surface area contributed by atoms with E-state index in [1.165, 1.54) is 24.3 Å². The molecule has 0 aliphatic carbocycles. The van der Waals surface area contributed by atoms with Crippen molar-refractivity contribution in [1.29, 1.82) is 0 Å². The van der Waals surface area contributed by atoms with Crippen molar-refractivity contribution in [3.8, 4) is 0 Å². The van der Waals surface area contributed by atoms with Gasteiger partial charge in [0, 0.05) is 26.2 Å². The lowest BCUT2D eigenvalue weighted by molar-refractivity contribution is 0.0371. The molecule has 0 heterocycles. The highest BCUT2D eigenvalue weighted by molar-refractivity contribution is 5.90. The first kappa shape index (κ1) is 31.0. The summed E-state index contributed by atoms with van der Waals surface area (Å²) in [6, 6.07) is 11.4. The predicted octanol–water partition coefficient (Wildman–Crippen LogP) is 5.97. The zero-order chi connectivity index (χ0) is 27.6. The molecule has 210 valence electrons. The van der Waals surface area contributed by atoms with Gasteiger partial charge in [0.2, 0.25) is 0 Å². The van der Waals surface area contributed by atoms with E-state index in [1.54, 1.807) is 34.1 Å². The van der Waals surface area contributed by atoms with Crippen LogP contribution in [0.1, 0.15) is 39.5 Å². The molecule has 2 aromatic carbocycles. The number of carbonyl (C=O) groups excluding carboxylic acids is 2. The van der Waals surface area contributed by atoms with Crippen LogP contribution < -0.4 is 10.6 Å². The fraction of sp³-hybridized carbons (Fsp3) is 0.500. The van der Waals surface area contributed by atoms with Gasteiger partial charge in [-0.25, -0.2) is 18.4 Å². The Hall–Kier alpha value is -3.24. The van der Waals surface area contributed by atoms with E-state index in [0.29, 0.717) is 52.6 Å². The number of nitrogens with zero attached hydrogens (tertiary/aromatic N) is 2. The predicted molar refractivity (Wildman–Crippen MR) is 145 cm³/mol. The Labute approximate surface area is 224 Å². The first-order chi connectivity index (χ1) is 18.5. The Bertz CT molecular complexity index is 902. The number of unbranched alkanes of at least 4 members (excludes halogenated alkanes) is 2. The van der Waals surface area contributed by atoms with Crippen molar-refractivity contribution in [3.05, 3.63) is 60.2 Å². The first-order valence-electron chi connectivity index (χ1n) is 13.2. The number of para-hydroxylation sites is 2. The summed E-state index contributed by atoms with van der Waals surface area (Å²) in [5, 5.41) is 5.23. The SMILES string of the molecule is CCCCN(CCOCCOCCN(CCCC)C(=O)Nc1ccccc1F)C(=O)Nc1ccccc1F. The number of amides is 4. The number of urea groups is 2. The molecule has 0 unspecified atom stereocenters. The minimum Gasteiger partial charge on any atom is -0.377 e. The summed E-state index contributed by atoms with van der Waals surface area (Å²) in [6.45, 7) is 7.15. The van der Waals surface area contributed by atoms with Gasteiger partial charge in [-0.1, -0.05) is 51.0 Å². The highest BCUT2D eigenvalue weighted by Gasteiger charge is 2.16. The summed E-state index contributed by atoms with van der Waals surface area (Å²) < 4.78 is 39.0. The van der Waals surface area contributed by atoms with Gasteiger partial charge >= 0.3 is 12.1 Å². The summed E-state index contributed by atoms with van der Waals surface area (Å²) in [4.78, 5) is 28.4. The number of hydrogen-bond donors (Lipinski definition) is 2.